The number of aliphatic carboxylic acids is 1. The van der Waals surface area contributed by atoms with Crippen LogP contribution in [0, 0.1) is 5.92 Å². The fourth-order valence-electron chi connectivity index (χ4n) is 1.65. The highest BCUT2D eigenvalue weighted by Crippen LogP contribution is 2.14. The van der Waals surface area contributed by atoms with Crippen molar-refractivity contribution in [3.05, 3.63) is 0 Å². The summed E-state index contributed by atoms with van der Waals surface area (Å²) in [6.07, 6.45) is 1.84. The SMILES string of the molecule is CCCCNC(=O)NC(=O)CN1CC(C(=O)O)C1. The molecule has 0 unspecified atom stereocenters. The lowest BCUT2D eigenvalue weighted by Crippen LogP contribution is -2.54. The minimum atomic E-state index is -0.844. The molecule has 3 amide bonds. The highest BCUT2D eigenvalue weighted by Gasteiger charge is 2.33. The zero-order valence-electron chi connectivity index (χ0n) is 10.4. The highest BCUT2D eigenvalue weighted by atomic mass is 16.4. The number of hydrogen-bond acceptors (Lipinski definition) is 4. The Kier molecular flexibility index (Phi) is 5.57. The molecule has 1 rings (SSSR count). The van der Waals surface area contributed by atoms with E-state index in [2.05, 4.69) is 10.6 Å². The number of likely N-dealkylation sites (tertiary alicyclic amines) is 1. The molecule has 0 radical (unpaired) electrons. The lowest BCUT2D eigenvalue weighted by molar-refractivity contribution is -0.148. The van der Waals surface area contributed by atoms with Crippen molar-refractivity contribution in [2.45, 2.75) is 19.8 Å². The van der Waals surface area contributed by atoms with Gasteiger partial charge in [-0.1, -0.05) is 13.3 Å². The van der Waals surface area contributed by atoms with Crippen LogP contribution in [0.4, 0.5) is 4.79 Å². The van der Waals surface area contributed by atoms with Crippen LogP contribution < -0.4 is 10.6 Å². The third-order valence-corrected chi connectivity index (χ3v) is 2.74. The second-order valence-corrected chi connectivity index (χ2v) is 4.39. The molecule has 0 aromatic carbocycles. The third kappa shape index (κ3) is 4.70. The van der Waals surface area contributed by atoms with E-state index in [1.54, 1.807) is 4.90 Å². The van der Waals surface area contributed by atoms with E-state index in [0.29, 0.717) is 19.6 Å². The number of imide groups is 1. The summed E-state index contributed by atoms with van der Waals surface area (Å²) in [5.74, 6) is -1.65. The Morgan fingerprint density at radius 1 is 1.33 bits per heavy atom. The second-order valence-electron chi connectivity index (χ2n) is 4.39. The van der Waals surface area contributed by atoms with Crippen LogP contribution in [0.2, 0.25) is 0 Å². The first kappa shape index (κ1) is 14.4. The average molecular weight is 257 g/mol. The second kappa shape index (κ2) is 6.95. The smallest absolute Gasteiger partial charge is 0.321 e. The Hall–Kier alpha value is -1.63. The number of amides is 3. The Morgan fingerprint density at radius 3 is 2.56 bits per heavy atom. The molecule has 0 aromatic rings. The standard InChI is InChI=1S/C11H19N3O4/c1-2-3-4-12-11(18)13-9(15)7-14-5-8(6-14)10(16)17/h8H,2-7H2,1H3,(H,16,17)(H2,12,13,15,18). The molecule has 1 aliphatic rings. The first-order valence-electron chi connectivity index (χ1n) is 6.05. The molecular formula is C11H19N3O4. The van der Waals surface area contributed by atoms with Crippen LogP contribution in [0.1, 0.15) is 19.8 Å². The van der Waals surface area contributed by atoms with Gasteiger partial charge in [-0.15, -0.1) is 0 Å². The summed E-state index contributed by atoms with van der Waals surface area (Å²) < 4.78 is 0. The summed E-state index contributed by atoms with van der Waals surface area (Å²) in [6.45, 7) is 3.33. The number of unbranched alkanes of at least 4 members (excludes halogenated alkanes) is 1. The molecular weight excluding hydrogens is 238 g/mol. The number of carboxylic acid groups (broad SMARTS) is 1. The number of carbonyl (C=O) groups excluding carboxylic acids is 2. The number of carboxylic acids is 1. The van der Waals surface area contributed by atoms with Gasteiger partial charge in [0.2, 0.25) is 5.91 Å². The zero-order chi connectivity index (χ0) is 13.5. The van der Waals surface area contributed by atoms with Crippen LogP contribution >= 0.6 is 0 Å². The maximum Gasteiger partial charge on any atom is 0.321 e. The van der Waals surface area contributed by atoms with Crippen molar-refractivity contribution in [2.24, 2.45) is 5.92 Å². The van der Waals surface area contributed by atoms with Gasteiger partial charge in [0.1, 0.15) is 0 Å². The maximum atomic E-state index is 11.4. The van der Waals surface area contributed by atoms with Crippen LogP contribution in [0.3, 0.4) is 0 Å². The van der Waals surface area contributed by atoms with E-state index >= 15 is 0 Å². The maximum absolute atomic E-state index is 11.4. The van der Waals surface area contributed by atoms with Crippen molar-refractivity contribution in [1.29, 1.82) is 0 Å². The Balaban J connectivity index is 2.11. The molecule has 7 heteroatoms. The highest BCUT2D eigenvalue weighted by molar-refractivity contribution is 5.95. The molecule has 0 aliphatic carbocycles. The summed E-state index contributed by atoms with van der Waals surface area (Å²) in [6, 6.07) is -0.497. The van der Waals surface area contributed by atoms with E-state index in [1.165, 1.54) is 0 Å². The molecule has 0 spiro atoms. The van der Waals surface area contributed by atoms with E-state index in [9.17, 15) is 14.4 Å². The first-order valence-corrected chi connectivity index (χ1v) is 6.05. The number of nitrogens with one attached hydrogen (secondary N) is 2. The molecule has 1 aliphatic heterocycles. The van der Waals surface area contributed by atoms with Crippen molar-refractivity contribution < 1.29 is 19.5 Å². The normalized spacial score (nSPS) is 15.8. The Labute approximate surface area is 106 Å². The lowest BCUT2D eigenvalue weighted by atomic mass is 10.0. The number of carbonyl (C=O) groups is 3. The molecule has 0 atom stereocenters. The van der Waals surface area contributed by atoms with Crippen molar-refractivity contribution in [3.8, 4) is 0 Å². The van der Waals surface area contributed by atoms with E-state index in [4.69, 9.17) is 5.11 Å². The fourth-order valence-corrected chi connectivity index (χ4v) is 1.65. The Morgan fingerprint density at radius 2 is 2.00 bits per heavy atom. The van der Waals surface area contributed by atoms with Crippen LogP contribution in [0.15, 0.2) is 0 Å². The summed E-state index contributed by atoms with van der Waals surface area (Å²) in [4.78, 5) is 34.9. The van der Waals surface area contributed by atoms with Gasteiger partial charge in [-0.3, -0.25) is 19.8 Å². The van der Waals surface area contributed by atoms with Crippen molar-refractivity contribution in [3.63, 3.8) is 0 Å². The van der Waals surface area contributed by atoms with Crippen LogP contribution in [-0.4, -0.2) is 54.1 Å². The number of urea groups is 1. The van der Waals surface area contributed by atoms with E-state index < -0.39 is 23.8 Å². The molecule has 0 saturated carbocycles. The van der Waals surface area contributed by atoms with Gasteiger partial charge >= 0.3 is 12.0 Å². The molecule has 1 saturated heterocycles. The minimum absolute atomic E-state index is 0.0605. The topological polar surface area (TPSA) is 98.7 Å². The first-order chi connectivity index (χ1) is 8.52. The van der Waals surface area contributed by atoms with Crippen LogP contribution in [0.25, 0.3) is 0 Å². The summed E-state index contributed by atoms with van der Waals surface area (Å²) in [5, 5.41) is 13.4. The molecule has 1 heterocycles. The van der Waals surface area contributed by atoms with Gasteiger partial charge in [-0.05, 0) is 6.42 Å². The van der Waals surface area contributed by atoms with E-state index in [0.717, 1.165) is 12.8 Å². The molecule has 102 valence electrons. The van der Waals surface area contributed by atoms with Gasteiger partial charge in [0.15, 0.2) is 0 Å². The Bertz CT molecular complexity index is 326. The molecule has 18 heavy (non-hydrogen) atoms. The van der Waals surface area contributed by atoms with Gasteiger partial charge < -0.3 is 10.4 Å². The lowest BCUT2D eigenvalue weighted by Gasteiger charge is -2.35. The van der Waals surface area contributed by atoms with Gasteiger partial charge in [0.05, 0.1) is 12.5 Å². The zero-order valence-corrected chi connectivity index (χ0v) is 10.4. The number of nitrogens with zero attached hydrogens (tertiary/aromatic N) is 1. The van der Waals surface area contributed by atoms with E-state index in [1.807, 2.05) is 6.92 Å². The van der Waals surface area contributed by atoms with Gasteiger partial charge in [0.25, 0.3) is 0 Å². The van der Waals surface area contributed by atoms with Crippen molar-refractivity contribution in [2.75, 3.05) is 26.2 Å². The monoisotopic (exact) mass is 257 g/mol. The summed E-state index contributed by atoms with van der Waals surface area (Å²) in [5.41, 5.74) is 0. The van der Waals surface area contributed by atoms with Crippen molar-refractivity contribution in [1.82, 2.24) is 15.5 Å². The number of rotatable bonds is 6. The molecule has 3 N–H and O–H groups in total. The summed E-state index contributed by atoms with van der Waals surface area (Å²) in [7, 11) is 0. The van der Waals surface area contributed by atoms with Gasteiger partial charge in [-0.2, -0.15) is 0 Å². The molecule has 1 fully saturated rings. The average Bonchev–Trinajstić information content (AvgIpc) is 2.22. The molecule has 7 nitrogen and oxygen atoms in total. The molecule has 0 bridgehead atoms. The molecule has 0 aromatic heterocycles. The van der Waals surface area contributed by atoms with Crippen LogP contribution in [-0.2, 0) is 9.59 Å². The number of hydrogen-bond donors (Lipinski definition) is 3. The van der Waals surface area contributed by atoms with Crippen molar-refractivity contribution >= 4 is 17.9 Å². The predicted molar refractivity (Wildman–Crippen MR) is 64.0 cm³/mol. The summed E-state index contributed by atoms with van der Waals surface area (Å²) >= 11 is 0. The van der Waals surface area contributed by atoms with Crippen LogP contribution in [0.5, 0.6) is 0 Å². The van der Waals surface area contributed by atoms with Gasteiger partial charge in [0, 0.05) is 19.6 Å². The van der Waals surface area contributed by atoms with E-state index in [-0.39, 0.29) is 6.54 Å². The predicted octanol–water partition coefficient (Wildman–Crippen LogP) is -0.371. The fraction of sp³-hybridized carbons (Fsp3) is 0.727. The van der Waals surface area contributed by atoms with Gasteiger partial charge in [-0.25, -0.2) is 4.79 Å². The third-order valence-electron chi connectivity index (χ3n) is 2.74. The minimum Gasteiger partial charge on any atom is -0.481 e. The quantitative estimate of drug-likeness (QED) is 0.564. The largest absolute Gasteiger partial charge is 0.481 e.